The number of aliphatic carboxylic acids is 1. The van der Waals surface area contributed by atoms with Gasteiger partial charge in [-0.3, -0.25) is 9.69 Å². The molecule has 15 heavy (non-hydrogen) atoms. The van der Waals surface area contributed by atoms with Gasteiger partial charge in [0, 0.05) is 0 Å². The maximum Gasteiger partial charge on any atom is 0.324 e. The van der Waals surface area contributed by atoms with Crippen LogP contribution in [0.15, 0.2) is 0 Å². The van der Waals surface area contributed by atoms with Crippen LogP contribution in [0, 0.1) is 5.92 Å². The lowest BCUT2D eigenvalue weighted by atomic mass is 9.86. The zero-order chi connectivity index (χ0) is 10.9. The van der Waals surface area contributed by atoms with E-state index in [0.29, 0.717) is 5.92 Å². The molecular weight excluding hydrogens is 190 g/mol. The van der Waals surface area contributed by atoms with Gasteiger partial charge >= 0.3 is 5.97 Å². The third-order valence-corrected chi connectivity index (χ3v) is 4.08. The van der Waals surface area contributed by atoms with Gasteiger partial charge in [0.2, 0.25) is 0 Å². The summed E-state index contributed by atoms with van der Waals surface area (Å²) in [6.07, 6.45) is 6.57. The van der Waals surface area contributed by atoms with E-state index in [1.54, 1.807) is 0 Å². The summed E-state index contributed by atoms with van der Waals surface area (Å²) in [6, 6.07) is 0. The maximum absolute atomic E-state index is 11.6. The van der Waals surface area contributed by atoms with Gasteiger partial charge in [-0.1, -0.05) is 13.3 Å². The van der Waals surface area contributed by atoms with Crippen molar-refractivity contribution in [1.82, 2.24) is 4.90 Å². The average Bonchev–Trinajstić information content (AvgIpc) is 3.05. The molecular formula is C12H21NO2. The maximum atomic E-state index is 11.6. The topological polar surface area (TPSA) is 40.5 Å². The lowest BCUT2D eigenvalue weighted by Gasteiger charge is -2.42. The molecule has 1 unspecified atom stereocenters. The van der Waals surface area contributed by atoms with Crippen molar-refractivity contribution in [2.45, 2.75) is 51.0 Å². The normalized spacial score (nSPS) is 27.3. The number of likely N-dealkylation sites (tertiary alicyclic amines) is 1. The highest BCUT2D eigenvalue weighted by atomic mass is 16.4. The largest absolute Gasteiger partial charge is 0.480 e. The number of rotatable bonds is 4. The lowest BCUT2D eigenvalue weighted by molar-refractivity contribution is -0.154. The Bertz CT molecular complexity index is 244. The number of nitrogens with zero attached hydrogens (tertiary/aromatic N) is 1. The van der Waals surface area contributed by atoms with Crippen LogP contribution in [0.5, 0.6) is 0 Å². The van der Waals surface area contributed by atoms with Crippen molar-refractivity contribution in [3.05, 3.63) is 0 Å². The Morgan fingerprint density at radius 1 is 1.33 bits per heavy atom. The molecule has 0 bridgehead atoms. The first-order valence-electron chi connectivity index (χ1n) is 6.20. The molecule has 2 aliphatic rings. The highest BCUT2D eigenvalue weighted by Crippen LogP contribution is 2.46. The van der Waals surface area contributed by atoms with Crippen LogP contribution >= 0.6 is 0 Å². The number of carboxylic acids is 1. The van der Waals surface area contributed by atoms with Gasteiger partial charge in [-0.15, -0.1) is 0 Å². The second-order valence-corrected chi connectivity index (χ2v) is 4.90. The number of piperidine rings is 1. The number of hydrogen-bond acceptors (Lipinski definition) is 2. The highest BCUT2D eigenvalue weighted by Gasteiger charge is 2.53. The minimum Gasteiger partial charge on any atom is -0.480 e. The fourth-order valence-electron chi connectivity index (χ4n) is 3.09. The van der Waals surface area contributed by atoms with Crippen molar-refractivity contribution in [3.63, 3.8) is 0 Å². The molecule has 0 spiro atoms. The standard InChI is InChI=1S/C12H21NO2/c1-2-12(11(14)15,10-6-7-10)13-8-4-3-5-9-13/h10H,2-9H2,1H3,(H,14,15). The van der Waals surface area contributed by atoms with Crippen molar-refractivity contribution in [2.24, 2.45) is 5.92 Å². The van der Waals surface area contributed by atoms with Crippen molar-refractivity contribution in [2.75, 3.05) is 13.1 Å². The van der Waals surface area contributed by atoms with Crippen LogP contribution in [0.4, 0.5) is 0 Å². The summed E-state index contributed by atoms with van der Waals surface area (Å²) in [5.74, 6) is -0.174. The Hall–Kier alpha value is -0.570. The summed E-state index contributed by atoms with van der Waals surface area (Å²) < 4.78 is 0. The van der Waals surface area contributed by atoms with Crippen LogP contribution in [0.25, 0.3) is 0 Å². The molecule has 1 saturated heterocycles. The Balaban J connectivity index is 2.18. The molecule has 0 radical (unpaired) electrons. The molecule has 1 atom stereocenters. The Morgan fingerprint density at radius 3 is 2.33 bits per heavy atom. The Labute approximate surface area is 91.5 Å². The van der Waals surface area contributed by atoms with E-state index in [9.17, 15) is 9.90 Å². The van der Waals surface area contributed by atoms with Crippen LogP contribution in [0.3, 0.4) is 0 Å². The van der Waals surface area contributed by atoms with Gasteiger partial charge in [0.15, 0.2) is 0 Å². The SMILES string of the molecule is CCC(C(=O)O)(C1CC1)N1CCCCC1. The average molecular weight is 211 g/mol. The third-order valence-electron chi connectivity index (χ3n) is 4.08. The summed E-state index contributed by atoms with van der Waals surface area (Å²) >= 11 is 0. The van der Waals surface area contributed by atoms with E-state index < -0.39 is 11.5 Å². The Kier molecular flexibility index (Phi) is 3.01. The molecule has 3 heteroatoms. The highest BCUT2D eigenvalue weighted by molar-refractivity contribution is 5.79. The van der Waals surface area contributed by atoms with Gasteiger partial charge in [-0.2, -0.15) is 0 Å². The molecule has 86 valence electrons. The monoisotopic (exact) mass is 211 g/mol. The smallest absolute Gasteiger partial charge is 0.324 e. The molecule has 1 aliphatic carbocycles. The zero-order valence-electron chi connectivity index (χ0n) is 9.54. The number of carboxylic acid groups (broad SMARTS) is 1. The van der Waals surface area contributed by atoms with Crippen LogP contribution in [-0.4, -0.2) is 34.6 Å². The van der Waals surface area contributed by atoms with E-state index in [2.05, 4.69) is 4.90 Å². The molecule has 1 heterocycles. The molecule has 0 aromatic heterocycles. The predicted molar refractivity (Wildman–Crippen MR) is 58.8 cm³/mol. The first-order chi connectivity index (χ1) is 7.21. The van der Waals surface area contributed by atoms with Crippen LogP contribution < -0.4 is 0 Å². The lowest BCUT2D eigenvalue weighted by Crippen LogP contribution is -2.57. The minimum absolute atomic E-state index is 0.415. The minimum atomic E-state index is -0.589. The molecule has 0 aromatic carbocycles. The molecule has 1 aliphatic heterocycles. The van der Waals surface area contributed by atoms with Gasteiger partial charge < -0.3 is 5.11 Å². The van der Waals surface area contributed by atoms with E-state index in [1.807, 2.05) is 6.92 Å². The Morgan fingerprint density at radius 2 is 1.93 bits per heavy atom. The molecule has 2 rings (SSSR count). The first kappa shape index (κ1) is 10.9. The van der Waals surface area contributed by atoms with Crippen molar-refractivity contribution >= 4 is 5.97 Å². The summed E-state index contributed by atoms with van der Waals surface area (Å²) in [5.41, 5.74) is -0.527. The molecule has 3 nitrogen and oxygen atoms in total. The van der Waals surface area contributed by atoms with Gasteiger partial charge in [0.1, 0.15) is 5.54 Å². The predicted octanol–water partition coefficient (Wildman–Crippen LogP) is 2.12. The van der Waals surface area contributed by atoms with Gasteiger partial charge in [0.05, 0.1) is 0 Å². The van der Waals surface area contributed by atoms with E-state index in [0.717, 1.165) is 32.4 Å². The zero-order valence-corrected chi connectivity index (χ0v) is 9.54. The second kappa shape index (κ2) is 4.12. The summed E-state index contributed by atoms with van der Waals surface area (Å²) in [6.45, 7) is 3.99. The quantitative estimate of drug-likeness (QED) is 0.774. The first-order valence-corrected chi connectivity index (χ1v) is 6.20. The molecule has 2 fully saturated rings. The summed E-state index contributed by atoms with van der Waals surface area (Å²) in [7, 11) is 0. The van der Waals surface area contributed by atoms with Gasteiger partial charge in [-0.25, -0.2) is 0 Å². The second-order valence-electron chi connectivity index (χ2n) is 4.90. The summed E-state index contributed by atoms with van der Waals surface area (Å²) in [5, 5.41) is 9.54. The van der Waals surface area contributed by atoms with Crippen molar-refractivity contribution < 1.29 is 9.90 Å². The fourth-order valence-corrected chi connectivity index (χ4v) is 3.09. The molecule has 0 amide bonds. The fraction of sp³-hybridized carbons (Fsp3) is 0.917. The van der Waals surface area contributed by atoms with E-state index in [4.69, 9.17) is 0 Å². The van der Waals surface area contributed by atoms with Crippen molar-refractivity contribution in [3.8, 4) is 0 Å². The summed E-state index contributed by atoms with van der Waals surface area (Å²) in [4.78, 5) is 13.8. The van der Waals surface area contributed by atoms with E-state index in [1.165, 1.54) is 19.3 Å². The number of carbonyl (C=O) groups is 1. The van der Waals surface area contributed by atoms with Gasteiger partial charge in [-0.05, 0) is 51.1 Å². The molecule has 0 aromatic rings. The van der Waals surface area contributed by atoms with Crippen LogP contribution in [-0.2, 0) is 4.79 Å². The number of hydrogen-bond donors (Lipinski definition) is 1. The van der Waals surface area contributed by atoms with Gasteiger partial charge in [0.25, 0.3) is 0 Å². The van der Waals surface area contributed by atoms with Crippen LogP contribution in [0.2, 0.25) is 0 Å². The van der Waals surface area contributed by atoms with E-state index in [-0.39, 0.29) is 0 Å². The van der Waals surface area contributed by atoms with Crippen molar-refractivity contribution in [1.29, 1.82) is 0 Å². The third kappa shape index (κ3) is 1.78. The molecule has 1 N–H and O–H groups in total. The van der Waals surface area contributed by atoms with E-state index >= 15 is 0 Å². The molecule has 1 saturated carbocycles. The van der Waals surface area contributed by atoms with Crippen LogP contribution in [0.1, 0.15) is 45.4 Å².